The van der Waals surface area contributed by atoms with Crippen molar-refractivity contribution in [3.63, 3.8) is 0 Å². The van der Waals surface area contributed by atoms with Crippen molar-refractivity contribution in [1.82, 2.24) is 10.6 Å². The lowest BCUT2D eigenvalue weighted by Crippen LogP contribution is -2.14. The SMILES string of the molecule is Oc1ccccc1CNCCCCCCCCCCNCc1ccccc1O. The third kappa shape index (κ3) is 9.25. The van der Waals surface area contributed by atoms with E-state index < -0.39 is 0 Å². The van der Waals surface area contributed by atoms with Crippen LogP contribution in [-0.2, 0) is 13.1 Å². The van der Waals surface area contributed by atoms with Gasteiger partial charge in [-0.2, -0.15) is 0 Å². The molecule has 0 atom stereocenters. The van der Waals surface area contributed by atoms with E-state index >= 15 is 0 Å². The minimum Gasteiger partial charge on any atom is -0.508 e. The summed E-state index contributed by atoms with van der Waals surface area (Å²) in [6.45, 7) is 3.50. The van der Waals surface area contributed by atoms with Crippen LogP contribution in [-0.4, -0.2) is 23.3 Å². The van der Waals surface area contributed by atoms with Gasteiger partial charge in [0.1, 0.15) is 11.5 Å². The molecule has 0 aromatic heterocycles. The molecule has 4 heteroatoms. The van der Waals surface area contributed by atoms with Gasteiger partial charge < -0.3 is 20.8 Å². The van der Waals surface area contributed by atoms with Crippen molar-refractivity contribution in [1.29, 1.82) is 0 Å². The lowest BCUT2D eigenvalue weighted by molar-refractivity contribution is 0.462. The Morgan fingerprint density at radius 3 is 1.25 bits per heavy atom. The number of hydrogen-bond acceptors (Lipinski definition) is 4. The van der Waals surface area contributed by atoms with Crippen LogP contribution in [0, 0.1) is 0 Å². The molecular formula is C24H36N2O2. The highest BCUT2D eigenvalue weighted by Crippen LogP contribution is 2.16. The Hall–Kier alpha value is -2.04. The third-order valence-electron chi connectivity index (χ3n) is 5.07. The highest BCUT2D eigenvalue weighted by Gasteiger charge is 1.99. The Balaban J connectivity index is 1.33. The largest absolute Gasteiger partial charge is 0.508 e. The zero-order valence-electron chi connectivity index (χ0n) is 17.0. The molecule has 154 valence electrons. The number of phenolic OH excluding ortho intramolecular Hbond substituents is 2. The highest BCUT2D eigenvalue weighted by atomic mass is 16.3. The molecule has 0 radical (unpaired) electrons. The molecule has 0 saturated carbocycles. The Labute approximate surface area is 170 Å². The molecular weight excluding hydrogens is 348 g/mol. The van der Waals surface area contributed by atoms with Crippen LogP contribution < -0.4 is 10.6 Å². The summed E-state index contributed by atoms with van der Waals surface area (Å²) in [5.41, 5.74) is 1.94. The Morgan fingerprint density at radius 1 is 0.500 bits per heavy atom. The second-order valence-electron chi connectivity index (χ2n) is 7.44. The van der Waals surface area contributed by atoms with Crippen molar-refractivity contribution in [2.24, 2.45) is 0 Å². The lowest BCUT2D eigenvalue weighted by Gasteiger charge is -2.07. The second kappa shape index (κ2) is 14.0. The molecule has 0 heterocycles. The van der Waals surface area contributed by atoms with Gasteiger partial charge in [-0.25, -0.2) is 0 Å². The number of benzene rings is 2. The number of phenols is 2. The molecule has 4 nitrogen and oxygen atoms in total. The van der Waals surface area contributed by atoms with Crippen LogP contribution in [0.5, 0.6) is 11.5 Å². The molecule has 0 spiro atoms. The summed E-state index contributed by atoms with van der Waals surface area (Å²) in [5, 5.41) is 26.2. The number of nitrogens with one attached hydrogen (secondary N) is 2. The first-order valence-corrected chi connectivity index (χ1v) is 10.7. The summed E-state index contributed by atoms with van der Waals surface area (Å²) in [4.78, 5) is 0. The molecule has 0 unspecified atom stereocenters. The summed E-state index contributed by atoms with van der Waals surface area (Å²) < 4.78 is 0. The maximum Gasteiger partial charge on any atom is 0.120 e. The highest BCUT2D eigenvalue weighted by molar-refractivity contribution is 5.32. The molecule has 28 heavy (non-hydrogen) atoms. The van der Waals surface area contributed by atoms with Crippen LogP contribution in [0.15, 0.2) is 48.5 Å². The van der Waals surface area contributed by atoms with E-state index in [0.717, 1.165) is 37.3 Å². The van der Waals surface area contributed by atoms with Crippen molar-refractivity contribution < 1.29 is 10.2 Å². The first kappa shape index (κ1) is 22.3. The number of unbranched alkanes of at least 4 members (excludes halogenated alkanes) is 7. The van der Waals surface area contributed by atoms with Crippen LogP contribution >= 0.6 is 0 Å². The van der Waals surface area contributed by atoms with Gasteiger partial charge >= 0.3 is 0 Å². The molecule has 2 rings (SSSR count). The number of rotatable bonds is 15. The second-order valence-corrected chi connectivity index (χ2v) is 7.44. The van der Waals surface area contributed by atoms with Crippen LogP contribution in [0.3, 0.4) is 0 Å². The summed E-state index contributed by atoms with van der Waals surface area (Å²) in [6.07, 6.45) is 10.2. The van der Waals surface area contributed by atoms with E-state index in [4.69, 9.17) is 0 Å². The average molecular weight is 385 g/mol. The Morgan fingerprint density at radius 2 is 0.857 bits per heavy atom. The Bertz CT molecular complexity index is 603. The van der Waals surface area contributed by atoms with Crippen molar-refractivity contribution in [3.05, 3.63) is 59.7 Å². The van der Waals surface area contributed by atoms with Crippen LogP contribution in [0.4, 0.5) is 0 Å². The van der Waals surface area contributed by atoms with E-state index in [1.165, 1.54) is 51.4 Å². The average Bonchev–Trinajstić information content (AvgIpc) is 2.71. The van der Waals surface area contributed by atoms with E-state index in [0.29, 0.717) is 11.5 Å². The molecule has 0 saturated heterocycles. The Kier molecular flexibility index (Phi) is 11.1. The fourth-order valence-corrected chi connectivity index (χ4v) is 3.33. The lowest BCUT2D eigenvalue weighted by atomic mass is 10.1. The van der Waals surface area contributed by atoms with Gasteiger partial charge in [-0.05, 0) is 38.1 Å². The molecule has 0 amide bonds. The third-order valence-corrected chi connectivity index (χ3v) is 5.07. The molecule has 0 bridgehead atoms. The van der Waals surface area contributed by atoms with Crippen molar-refractivity contribution in [3.8, 4) is 11.5 Å². The number of para-hydroxylation sites is 2. The first-order valence-electron chi connectivity index (χ1n) is 10.7. The van der Waals surface area contributed by atoms with Gasteiger partial charge in [0.2, 0.25) is 0 Å². The standard InChI is InChI=1S/C24H36N2O2/c27-23-15-9-7-13-21(23)19-25-17-11-5-3-1-2-4-6-12-18-26-20-22-14-8-10-16-24(22)28/h7-10,13-16,25-28H,1-6,11-12,17-20H2. The molecule has 2 aromatic carbocycles. The van der Waals surface area contributed by atoms with Gasteiger partial charge in [0.15, 0.2) is 0 Å². The summed E-state index contributed by atoms with van der Waals surface area (Å²) >= 11 is 0. The van der Waals surface area contributed by atoms with E-state index in [9.17, 15) is 10.2 Å². The maximum absolute atomic E-state index is 9.71. The van der Waals surface area contributed by atoms with Gasteiger partial charge in [0, 0.05) is 24.2 Å². The van der Waals surface area contributed by atoms with Gasteiger partial charge in [-0.1, -0.05) is 74.9 Å². The van der Waals surface area contributed by atoms with Gasteiger partial charge in [-0.15, -0.1) is 0 Å². The van der Waals surface area contributed by atoms with Crippen LogP contribution in [0.25, 0.3) is 0 Å². The zero-order valence-corrected chi connectivity index (χ0v) is 17.0. The van der Waals surface area contributed by atoms with Gasteiger partial charge in [0.05, 0.1) is 0 Å². The van der Waals surface area contributed by atoms with Gasteiger partial charge in [0.25, 0.3) is 0 Å². The fraction of sp³-hybridized carbons (Fsp3) is 0.500. The van der Waals surface area contributed by atoms with E-state index in [2.05, 4.69) is 10.6 Å². The summed E-state index contributed by atoms with van der Waals surface area (Å²) in [5.74, 6) is 0.756. The predicted octanol–water partition coefficient (Wildman–Crippen LogP) is 5.10. The normalized spacial score (nSPS) is 11.0. The monoisotopic (exact) mass is 384 g/mol. The van der Waals surface area contributed by atoms with E-state index in [-0.39, 0.29) is 0 Å². The molecule has 0 aliphatic carbocycles. The quantitative estimate of drug-likeness (QED) is 0.323. The number of aromatic hydroxyl groups is 2. The molecule has 0 fully saturated rings. The maximum atomic E-state index is 9.71. The van der Waals surface area contributed by atoms with Crippen LogP contribution in [0.2, 0.25) is 0 Å². The van der Waals surface area contributed by atoms with E-state index in [1.807, 2.05) is 36.4 Å². The molecule has 0 aliphatic heterocycles. The molecule has 2 aromatic rings. The van der Waals surface area contributed by atoms with Gasteiger partial charge in [-0.3, -0.25) is 0 Å². The van der Waals surface area contributed by atoms with Crippen molar-refractivity contribution in [2.45, 2.75) is 64.5 Å². The first-order chi connectivity index (χ1) is 13.8. The molecule has 0 aliphatic rings. The van der Waals surface area contributed by atoms with E-state index in [1.54, 1.807) is 12.1 Å². The predicted molar refractivity (Wildman–Crippen MR) is 117 cm³/mol. The summed E-state index contributed by atoms with van der Waals surface area (Å²) in [6, 6.07) is 15.0. The van der Waals surface area contributed by atoms with Crippen molar-refractivity contribution >= 4 is 0 Å². The molecule has 4 N–H and O–H groups in total. The summed E-state index contributed by atoms with van der Waals surface area (Å²) in [7, 11) is 0. The van der Waals surface area contributed by atoms with Crippen molar-refractivity contribution in [2.75, 3.05) is 13.1 Å². The van der Waals surface area contributed by atoms with Crippen LogP contribution in [0.1, 0.15) is 62.5 Å². The zero-order chi connectivity index (χ0) is 19.9. The minimum atomic E-state index is 0.378. The number of hydrogen-bond donors (Lipinski definition) is 4. The fourth-order valence-electron chi connectivity index (χ4n) is 3.33. The smallest absolute Gasteiger partial charge is 0.120 e. The minimum absolute atomic E-state index is 0.378. The topological polar surface area (TPSA) is 64.5 Å².